The number of methoxy groups -OCH3 is 1. The molecule has 1 aliphatic heterocycles. The number of carbonyl (C=O) groups is 1. The van der Waals surface area contributed by atoms with Crippen LogP contribution in [0.4, 0.5) is 0 Å². The number of ether oxygens (including phenoxy) is 1. The van der Waals surface area contributed by atoms with Crippen LogP contribution in [0.1, 0.15) is 28.8 Å². The van der Waals surface area contributed by atoms with Crippen molar-refractivity contribution in [2.24, 2.45) is 0 Å². The number of likely N-dealkylation sites (tertiary alicyclic amines) is 1. The highest BCUT2D eigenvalue weighted by Crippen LogP contribution is 2.18. The van der Waals surface area contributed by atoms with Gasteiger partial charge in [-0.2, -0.15) is 0 Å². The first-order valence-electron chi connectivity index (χ1n) is 8.95. The number of sulfonamides is 1. The second-order valence-corrected chi connectivity index (χ2v) is 8.39. The molecule has 3 rings (SSSR count). The number of nitrogens with one attached hydrogen (secondary N) is 1. The predicted octanol–water partition coefficient (Wildman–Crippen LogP) is 2.42. The maximum absolute atomic E-state index is 12.7. The molecule has 0 saturated carbocycles. The molecule has 0 amide bonds. The summed E-state index contributed by atoms with van der Waals surface area (Å²) in [5.74, 6) is -0.554. The van der Waals surface area contributed by atoms with Gasteiger partial charge in [0.15, 0.2) is 0 Å². The molecule has 7 heteroatoms. The van der Waals surface area contributed by atoms with Crippen molar-refractivity contribution in [3.8, 4) is 0 Å². The molecule has 0 aromatic heterocycles. The van der Waals surface area contributed by atoms with Crippen LogP contribution in [-0.2, 0) is 21.3 Å². The topological polar surface area (TPSA) is 75.7 Å². The number of benzene rings is 2. The SMILES string of the molecule is COC(=O)c1cccc(S(=O)(=O)NC2CCN(Cc3ccccc3)CC2)c1. The fraction of sp³-hybridized carbons (Fsp3) is 0.350. The van der Waals surface area contributed by atoms with E-state index in [1.165, 1.54) is 30.9 Å². The summed E-state index contributed by atoms with van der Waals surface area (Å²) in [6, 6.07) is 16.1. The zero-order chi connectivity index (χ0) is 19.3. The van der Waals surface area contributed by atoms with Gasteiger partial charge in [0.25, 0.3) is 0 Å². The highest BCUT2D eigenvalue weighted by Gasteiger charge is 2.25. The Hall–Kier alpha value is -2.22. The minimum absolute atomic E-state index is 0.0807. The van der Waals surface area contributed by atoms with Crippen LogP contribution in [0, 0.1) is 0 Å². The van der Waals surface area contributed by atoms with Gasteiger partial charge in [0.2, 0.25) is 10.0 Å². The van der Waals surface area contributed by atoms with Crippen molar-refractivity contribution in [3.63, 3.8) is 0 Å². The molecule has 27 heavy (non-hydrogen) atoms. The molecular formula is C20H24N2O4S. The highest BCUT2D eigenvalue weighted by atomic mass is 32.2. The van der Waals surface area contributed by atoms with E-state index in [1.807, 2.05) is 18.2 Å². The lowest BCUT2D eigenvalue weighted by atomic mass is 10.1. The second kappa shape index (κ2) is 8.65. The molecule has 0 aliphatic carbocycles. The number of piperidine rings is 1. The molecule has 2 aromatic rings. The van der Waals surface area contributed by atoms with E-state index in [2.05, 4.69) is 26.5 Å². The van der Waals surface area contributed by atoms with Gasteiger partial charge >= 0.3 is 5.97 Å². The van der Waals surface area contributed by atoms with Crippen LogP contribution in [0.3, 0.4) is 0 Å². The van der Waals surface area contributed by atoms with Gasteiger partial charge in [-0.1, -0.05) is 36.4 Å². The first-order valence-corrected chi connectivity index (χ1v) is 10.4. The molecule has 1 fully saturated rings. The van der Waals surface area contributed by atoms with Crippen LogP contribution in [0.2, 0.25) is 0 Å². The zero-order valence-corrected chi connectivity index (χ0v) is 16.1. The Balaban J connectivity index is 1.58. The van der Waals surface area contributed by atoms with Crippen molar-refractivity contribution in [1.29, 1.82) is 0 Å². The van der Waals surface area contributed by atoms with Crippen LogP contribution < -0.4 is 4.72 Å². The number of nitrogens with zero attached hydrogens (tertiary/aromatic N) is 1. The van der Waals surface area contributed by atoms with Crippen molar-refractivity contribution in [3.05, 3.63) is 65.7 Å². The predicted molar refractivity (Wildman–Crippen MR) is 103 cm³/mol. The summed E-state index contributed by atoms with van der Waals surface area (Å²) in [4.78, 5) is 14.0. The molecule has 1 heterocycles. The molecule has 0 bridgehead atoms. The van der Waals surface area contributed by atoms with E-state index in [9.17, 15) is 13.2 Å². The number of esters is 1. The first kappa shape index (κ1) is 19.5. The van der Waals surface area contributed by atoms with Crippen molar-refractivity contribution < 1.29 is 17.9 Å². The van der Waals surface area contributed by atoms with Crippen LogP contribution in [-0.4, -0.2) is 45.5 Å². The Morgan fingerprint density at radius 2 is 1.81 bits per heavy atom. The fourth-order valence-corrected chi connectivity index (χ4v) is 4.60. The van der Waals surface area contributed by atoms with E-state index in [4.69, 9.17) is 0 Å². The summed E-state index contributed by atoms with van der Waals surface area (Å²) in [6.07, 6.45) is 1.51. The quantitative estimate of drug-likeness (QED) is 0.769. The summed E-state index contributed by atoms with van der Waals surface area (Å²) < 4.78 is 32.7. The van der Waals surface area contributed by atoms with Crippen molar-refractivity contribution in [2.45, 2.75) is 30.3 Å². The maximum Gasteiger partial charge on any atom is 0.337 e. The molecule has 0 spiro atoms. The molecule has 0 unspecified atom stereocenters. The van der Waals surface area contributed by atoms with E-state index in [1.54, 1.807) is 6.07 Å². The van der Waals surface area contributed by atoms with Crippen molar-refractivity contribution in [1.82, 2.24) is 9.62 Å². The Labute approximate surface area is 160 Å². The van der Waals surface area contributed by atoms with E-state index in [-0.39, 0.29) is 16.5 Å². The first-order chi connectivity index (χ1) is 13.0. The zero-order valence-electron chi connectivity index (χ0n) is 15.3. The van der Waals surface area contributed by atoms with Gasteiger partial charge in [-0.05, 0) is 36.6 Å². The summed E-state index contributed by atoms with van der Waals surface area (Å²) in [5.41, 5.74) is 1.48. The Morgan fingerprint density at radius 1 is 1.11 bits per heavy atom. The van der Waals surface area contributed by atoms with Crippen molar-refractivity contribution >= 4 is 16.0 Å². The highest BCUT2D eigenvalue weighted by molar-refractivity contribution is 7.89. The van der Waals surface area contributed by atoms with Gasteiger partial charge in [0, 0.05) is 25.7 Å². The number of hydrogen-bond acceptors (Lipinski definition) is 5. The summed E-state index contributed by atoms with van der Waals surface area (Å²) in [5, 5.41) is 0. The van der Waals surface area contributed by atoms with Crippen molar-refractivity contribution in [2.75, 3.05) is 20.2 Å². The molecule has 1 aliphatic rings. The molecule has 0 atom stereocenters. The Morgan fingerprint density at radius 3 is 2.48 bits per heavy atom. The van der Waals surface area contributed by atoms with Crippen LogP contribution >= 0.6 is 0 Å². The standard InChI is InChI=1S/C20H24N2O4S/c1-26-20(23)17-8-5-9-19(14-17)27(24,25)21-18-10-12-22(13-11-18)15-16-6-3-2-4-7-16/h2-9,14,18,21H,10-13,15H2,1H3. The third kappa shape index (κ3) is 5.15. The maximum atomic E-state index is 12.7. The largest absolute Gasteiger partial charge is 0.465 e. The van der Waals surface area contributed by atoms with E-state index in [0.29, 0.717) is 0 Å². The van der Waals surface area contributed by atoms with Crippen LogP contribution in [0.5, 0.6) is 0 Å². The molecule has 0 radical (unpaired) electrons. The molecular weight excluding hydrogens is 364 g/mol. The molecule has 6 nitrogen and oxygen atoms in total. The lowest BCUT2D eigenvalue weighted by Gasteiger charge is -2.32. The van der Waals surface area contributed by atoms with Gasteiger partial charge in [-0.15, -0.1) is 0 Å². The van der Waals surface area contributed by atoms with Gasteiger partial charge in [-0.3, -0.25) is 4.90 Å². The monoisotopic (exact) mass is 388 g/mol. The average Bonchev–Trinajstić information content (AvgIpc) is 2.69. The van der Waals surface area contributed by atoms with Crippen LogP contribution in [0.15, 0.2) is 59.5 Å². The van der Waals surface area contributed by atoms with Crippen LogP contribution in [0.25, 0.3) is 0 Å². The molecule has 144 valence electrons. The number of carbonyl (C=O) groups excluding carboxylic acids is 1. The summed E-state index contributed by atoms with van der Waals surface area (Å²) in [7, 11) is -2.41. The molecule has 1 N–H and O–H groups in total. The smallest absolute Gasteiger partial charge is 0.337 e. The van der Waals surface area contributed by atoms with Gasteiger partial charge in [0.05, 0.1) is 17.6 Å². The second-order valence-electron chi connectivity index (χ2n) is 6.68. The fourth-order valence-electron chi connectivity index (χ4n) is 3.25. The lowest BCUT2D eigenvalue weighted by Crippen LogP contribution is -2.44. The minimum Gasteiger partial charge on any atom is -0.465 e. The Kier molecular flexibility index (Phi) is 6.26. The normalized spacial score (nSPS) is 16.2. The van der Waals surface area contributed by atoms with Gasteiger partial charge in [0.1, 0.15) is 0 Å². The molecule has 2 aromatic carbocycles. The minimum atomic E-state index is -3.68. The summed E-state index contributed by atoms with van der Waals surface area (Å²) in [6.45, 7) is 2.55. The Bertz CT molecular complexity index is 876. The van der Waals surface area contributed by atoms with E-state index < -0.39 is 16.0 Å². The number of hydrogen-bond donors (Lipinski definition) is 1. The van der Waals surface area contributed by atoms with E-state index >= 15 is 0 Å². The van der Waals surface area contributed by atoms with Gasteiger partial charge < -0.3 is 4.74 Å². The average molecular weight is 388 g/mol. The third-order valence-corrected chi connectivity index (χ3v) is 6.24. The number of rotatable bonds is 6. The lowest BCUT2D eigenvalue weighted by molar-refractivity contribution is 0.0600. The van der Waals surface area contributed by atoms with Gasteiger partial charge in [-0.25, -0.2) is 17.9 Å². The summed E-state index contributed by atoms with van der Waals surface area (Å²) >= 11 is 0. The third-order valence-electron chi connectivity index (χ3n) is 4.72. The molecule has 1 saturated heterocycles. The van der Waals surface area contributed by atoms with E-state index in [0.717, 1.165) is 32.5 Å².